The van der Waals surface area contributed by atoms with Crippen LogP contribution in [-0.2, 0) is 24.1 Å². The highest BCUT2D eigenvalue weighted by Crippen LogP contribution is 2.37. The third-order valence-electron chi connectivity index (χ3n) is 6.72. The Labute approximate surface area is 193 Å². The molecule has 2 aromatic carbocycles. The van der Waals surface area contributed by atoms with Crippen molar-refractivity contribution < 1.29 is 19.1 Å². The molecule has 3 aromatic rings. The Hall–Kier alpha value is -3.35. The first-order valence-electron chi connectivity index (χ1n) is 11.5. The van der Waals surface area contributed by atoms with E-state index < -0.39 is 12.0 Å². The molecule has 1 unspecified atom stereocenters. The molecule has 0 bridgehead atoms. The number of fused-ring (bicyclic) bond motifs is 3. The van der Waals surface area contributed by atoms with Crippen molar-refractivity contribution in [3.8, 4) is 0 Å². The highest BCUT2D eigenvalue weighted by atomic mass is 19.1. The van der Waals surface area contributed by atoms with Crippen LogP contribution in [0, 0.1) is 5.82 Å². The molecule has 6 nitrogen and oxygen atoms in total. The minimum atomic E-state index is -0.890. The number of likely N-dealkylation sites (N-methyl/N-ethyl adjacent to an activating group) is 1. The molecule has 33 heavy (non-hydrogen) atoms. The zero-order valence-corrected chi connectivity index (χ0v) is 19.1. The van der Waals surface area contributed by atoms with E-state index in [1.807, 2.05) is 41.8 Å². The first-order chi connectivity index (χ1) is 15.9. The second-order valence-corrected chi connectivity index (χ2v) is 8.69. The quantitative estimate of drug-likeness (QED) is 0.553. The number of carboxylic acid groups (broad SMARTS) is 1. The van der Waals surface area contributed by atoms with E-state index in [4.69, 9.17) is 0 Å². The summed E-state index contributed by atoms with van der Waals surface area (Å²) in [4.78, 5) is 26.4. The zero-order chi connectivity index (χ0) is 23.5. The molecule has 0 fully saturated rings. The highest BCUT2D eigenvalue weighted by molar-refractivity contribution is 5.88. The third-order valence-corrected chi connectivity index (χ3v) is 6.72. The van der Waals surface area contributed by atoms with Crippen molar-refractivity contribution in [2.45, 2.75) is 51.1 Å². The number of carboxylic acids is 1. The number of nitrogens with one attached hydrogen (secondary N) is 1. The summed E-state index contributed by atoms with van der Waals surface area (Å²) in [5.74, 6) is -1.24. The van der Waals surface area contributed by atoms with Crippen LogP contribution >= 0.6 is 0 Å². The highest BCUT2D eigenvalue weighted by Gasteiger charge is 2.32. The fourth-order valence-corrected chi connectivity index (χ4v) is 4.95. The molecule has 2 N–H and O–H groups in total. The largest absolute Gasteiger partial charge is 0.480 e. The average molecular weight is 452 g/mol. The molecular formula is C26H30FN3O3. The van der Waals surface area contributed by atoms with Gasteiger partial charge in [0.2, 0.25) is 0 Å². The van der Waals surface area contributed by atoms with E-state index in [0.29, 0.717) is 25.8 Å². The van der Waals surface area contributed by atoms with E-state index >= 15 is 0 Å². The topological polar surface area (TPSA) is 74.6 Å². The Balaban J connectivity index is 1.54. The van der Waals surface area contributed by atoms with Crippen LogP contribution < -0.4 is 5.32 Å². The molecular weight excluding hydrogens is 421 g/mol. The van der Waals surface area contributed by atoms with E-state index in [-0.39, 0.29) is 17.9 Å². The number of rotatable bonds is 7. The molecule has 1 aliphatic carbocycles. The van der Waals surface area contributed by atoms with Gasteiger partial charge in [0, 0.05) is 36.2 Å². The average Bonchev–Trinajstić information content (AvgIpc) is 3.12. The van der Waals surface area contributed by atoms with Gasteiger partial charge in [-0.25, -0.2) is 14.0 Å². The van der Waals surface area contributed by atoms with E-state index in [2.05, 4.69) is 5.32 Å². The first kappa shape index (κ1) is 22.8. The Kier molecular flexibility index (Phi) is 6.67. The van der Waals surface area contributed by atoms with Crippen molar-refractivity contribution in [1.29, 1.82) is 0 Å². The number of carbonyl (C=O) groups excluding carboxylic acids is 1. The lowest BCUT2D eigenvalue weighted by Crippen LogP contribution is -2.46. The van der Waals surface area contributed by atoms with Crippen LogP contribution in [-0.4, -0.2) is 46.2 Å². The summed E-state index contributed by atoms with van der Waals surface area (Å²) in [7, 11) is 1.79. The van der Waals surface area contributed by atoms with Gasteiger partial charge in [0.25, 0.3) is 0 Å². The molecule has 0 saturated heterocycles. The number of benzene rings is 2. The molecule has 0 spiro atoms. The van der Waals surface area contributed by atoms with Crippen molar-refractivity contribution in [2.75, 3.05) is 13.6 Å². The molecule has 4 rings (SSSR count). The van der Waals surface area contributed by atoms with Gasteiger partial charge in [0.1, 0.15) is 11.9 Å². The number of aromatic nitrogens is 1. The molecule has 0 aliphatic heterocycles. The maximum absolute atomic E-state index is 14.1. The van der Waals surface area contributed by atoms with Gasteiger partial charge in [-0.15, -0.1) is 0 Å². The molecule has 1 aliphatic rings. The minimum absolute atomic E-state index is 0.0403. The molecule has 1 aromatic heterocycles. The predicted molar refractivity (Wildman–Crippen MR) is 126 cm³/mol. The lowest BCUT2D eigenvalue weighted by atomic mass is 9.90. The summed E-state index contributed by atoms with van der Waals surface area (Å²) in [6.07, 6.45) is 3.14. The van der Waals surface area contributed by atoms with Gasteiger partial charge < -0.3 is 19.9 Å². The Bertz CT molecular complexity index is 1160. The van der Waals surface area contributed by atoms with Crippen LogP contribution in [0.4, 0.5) is 9.18 Å². The van der Waals surface area contributed by atoms with Crippen molar-refractivity contribution in [1.82, 2.24) is 14.8 Å². The fourth-order valence-electron chi connectivity index (χ4n) is 4.95. The van der Waals surface area contributed by atoms with Crippen LogP contribution in [0.2, 0.25) is 0 Å². The van der Waals surface area contributed by atoms with Crippen molar-refractivity contribution in [3.63, 3.8) is 0 Å². The number of carbonyl (C=O) groups is 2. The van der Waals surface area contributed by atoms with Crippen LogP contribution in [0.3, 0.4) is 0 Å². The lowest BCUT2D eigenvalue weighted by Gasteiger charge is -2.32. The molecule has 2 amide bonds. The van der Waals surface area contributed by atoms with Crippen molar-refractivity contribution in [3.05, 3.63) is 71.2 Å². The van der Waals surface area contributed by atoms with Crippen LogP contribution in [0.25, 0.3) is 10.9 Å². The van der Waals surface area contributed by atoms with Crippen LogP contribution in [0.1, 0.15) is 42.6 Å². The smallest absolute Gasteiger partial charge is 0.326 e. The second-order valence-electron chi connectivity index (χ2n) is 8.69. The van der Waals surface area contributed by atoms with Crippen LogP contribution in [0.5, 0.6) is 0 Å². The molecule has 7 heteroatoms. The number of hydrogen-bond acceptors (Lipinski definition) is 2. The number of amides is 2. The lowest BCUT2D eigenvalue weighted by molar-refractivity contribution is -0.140. The minimum Gasteiger partial charge on any atom is -0.480 e. The van der Waals surface area contributed by atoms with Gasteiger partial charge in [-0.1, -0.05) is 37.3 Å². The maximum Gasteiger partial charge on any atom is 0.326 e. The second kappa shape index (κ2) is 9.65. The summed E-state index contributed by atoms with van der Waals surface area (Å²) in [5, 5.41) is 13.5. The molecule has 1 heterocycles. The number of urea groups is 1. The number of halogens is 1. The van der Waals surface area contributed by atoms with Crippen molar-refractivity contribution in [2.24, 2.45) is 0 Å². The number of hydrogen-bond donors (Lipinski definition) is 2. The van der Waals surface area contributed by atoms with Gasteiger partial charge in [0.05, 0.1) is 0 Å². The van der Waals surface area contributed by atoms with Crippen molar-refractivity contribution >= 4 is 22.9 Å². The Morgan fingerprint density at radius 1 is 1.24 bits per heavy atom. The van der Waals surface area contributed by atoms with E-state index in [9.17, 15) is 19.1 Å². The summed E-state index contributed by atoms with van der Waals surface area (Å²) < 4.78 is 16.0. The van der Waals surface area contributed by atoms with Gasteiger partial charge >= 0.3 is 12.0 Å². The standard InChI is InChI=1S/C26H30FN3O3/c1-3-22(25(31)32)30-23-11-9-18(27)15-20(23)21-16-19(10-12-24(21)30)29(2)26(33)28-14-13-17-7-5-4-6-8-17/h4-9,11,15,19,22H,3,10,12-14,16H2,1-2H3,(H,28,33)(H,31,32)/t19-,22?/m0/s1. The third kappa shape index (κ3) is 4.58. The maximum atomic E-state index is 14.1. The summed E-state index contributed by atoms with van der Waals surface area (Å²) in [6.45, 7) is 2.40. The molecule has 2 atom stereocenters. The number of nitrogens with zero attached hydrogens (tertiary/aromatic N) is 2. The van der Waals surface area contributed by atoms with Gasteiger partial charge in [-0.3, -0.25) is 0 Å². The van der Waals surface area contributed by atoms with Crippen LogP contribution in [0.15, 0.2) is 48.5 Å². The van der Waals surface area contributed by atoms with E-state index in [1.54, 1.807) is 18.0 Å². The molecule has 0 radical (unpaired) electrons. The normalized spacial score (nSPS) is 16.3. The summed E-state index contributed by atoms with van der Waals surface area (Å²) in [6, 6.07) is 13.7. The van der Waals surface area contributed by atoms with Gasteiger partial charge in [-0.2, -0.15) is 0 Å². The molecule has 174 valence electrons. The SMILES string of the molecule is CCC(C(=O)O)n1c2c(c3cc(F)ccc31)C[C@@H](N(C)C(=O)NCCc1ccccc1)CC2. The molecule has 0 saturated carbocycles. The summed E-state index contributed by atoms with van der Waals surface area (Å²) in [5.41, 5.74) is 3.80. The van der Waals surface area contributed by atoms with Gasteiger partial charge in [0.15, 0.2) is 0 Å². The first-order valence-corrected chi connectivity index (χ1v) is 11.5. The van der Waals surface area contributed by atoms with Gasteiger partial charge in [-0.05, 0) is 61.4 Å². The summed E-state index contributed by atoms with van der Waals surface area (Å²) >= 11 is 0. The predicted octanol–water partition coefficient (Wildman–Crippen LogP) is 4.56. The fraction of sp³-hybridized carbons (Fsp3) is 0.385. The van der Waals surface area contributed by atoms with E-state index in [1.165, 1.54) is 17.7 Å². The zero-order valence-electron chi connectivity index (χ0n) is 19.1. The number of aliphatic carboxylic acids is 1. The monoisotopic (exact) mass is 451 g/mol. The van der Waals surface area contributed by atoms with E-state index in [0.717, 1.165) is 35.0 Å². The Morgan fingerprint density at radius 3 is 2.70 bits per heavy atom. The Morgan fingerprint density at radius 2 is 2.00 bits per heavy atom.